The van der Waals surface area contributed by atoms with Crippen LogP contribution in [0.3, 0.4) is 0 Å². The molecule has 0 aliphatic carbocycles. The van der Waals surface area contributed by atoms with Crippen LogP contribution in [0.2, 0.25) is 0 Å². The van der Waals surface area contributed by atoms with E-state index in [4.69, 9.17) is 11.0 Å². The maximum Gasteiger partial charge on any atom is 0.146 e. The first-order chi connectivity index (χ1) is 7.22. The van der Waals surface area contributed by atoms with Gasteiger partial charge in [-0.2, -0.15) is 5.26 Å². The van der Waals surface area contributed by atoms with Crippen LogP contribution in [0.4, 0.5) is 11.5 Å². The molecule has 0 saturated carbocycles. The third-order valence-electron chi connectivity index (χ3n) is 2.18. The van der Waals surface area contributed by atoms with Gasteiger partial charge in [-0.15, -0.1) is 0 Å². The quantitative estimate of drug-likeness (QED) is 0.811. The highest BCUT2D eigenvalue weighted by Crippen LogP contribution is 2.18. The summed E-state index contributed by atoms with van der Waals surface area (Å²) >= 11 is 0. The number of nitrogens with two attached hydrogens (primary N) is 1. The van der Waals surface area contributed by atoms with Gasteiger partial charge >= 0.3 is 0 Å². The van der Waals surface area contributed by atoms with Gasteiger partial charge in [0.15, 0.2) is 0 Å². The van der Waals surface area contributed by atoms with Gasteiger partial charge in [0.2, 0.25) is 0 Å². The van der Waals surface area contributed by atoms with Gasteiger partial charge in [0, 0.05) is 13.1 Å². The van der Waals surface area contributed by atoms with Crippen molar-refractivity contribution in [1.29, 1.82) is 5.26 Å². The highest BCUT2D eigenvalue weighted by molar-refractivity contribution is 5.58. The van der Waals surface area contributed by atoms with E-state index in [0.717, 1.165) is 25.3 Å². The summed E-state index contributed by atoms with van der Waals surface area (Å²) in [5.41, 5.74) is 6.66. The van der Waals surface area contributed by atoms with Gasteiger partial charge in [0.25, 0.3) is 0 Å². The number of anilines is 2. The van der Waals surface area contributed by atoms with Gasteiger partial charge in [-0.25, -0.2) is 4.98 Å². The van der Waals surface area contributed by atoms with Crippen molar-refractivity contribution in [2.75, 3.05) is 23.7 Å². The van der Waals surface area contributed by atoms with Gasteiger partial charge in [0.05, 0.1) is 17.4 Å². The average molecular weight is 204 g/mol. The SMILES string of the molecule is CCCN(CC)c1ncc(N)cc1C#N. The molecule has 0 amide bonds. The summed E-state index contributed by atoms with van der Waals surface area (Å²) in [5, 5.41) is 8.98. The molecule has 0 bridgehead atoms. The first-order valence-corrected chi connectivity index (χ1v) is 5.13. The van der Waals surface area contributed by atoms with E-state index in [2.05, 4.69) is 29.8 Å². The summed E-state index contributed by atoms with van der Waals surface area (Å²) in [4.78, 5) is 6.30. The highest BCUT2D eigenvalue weighted by Gasteiger charge is 2.10. The first-order valence-electron chi connectivity index (χ1n) is 5.13. The standard InChI is InChI=1S/C11H16N4/c1-3-5-15(4-2)11-9(7-12)6-10(13)8-14-11/h6,8H,3-5,13H2,1-2H3. The lowest BCUT2D eigenvalue weighted by Gasteiger charge is -2.22. The molecule has 0 aliphatic heterocycles. The molecule has 15 heavy (non-hydrogen) atoms. The second-order valence-corrected chi connectivity index (χ2v) is 3.33. The average Bonchev–Trinajstić information content (AvgIpc) is 2.26. The molecule has 2 N–H and O–H groups in total. The maximum absolute atomic E-state index is 8.98. The molecule has 4 heteroatoms. The molecule has 4 nitrogen and oxygen atoms in total. The van der Waals surface area contributed by atoms with E-state index in [1.165, 1.54) is 0 Å². The third-order valence-corrected chi connectivity index (χ3v) is 2.18. The van der Waals surface area contributed by atoms with Crippen LogP contribution in [0, 0.1) is 11.3 Å². The van der Waals surface area contributed by atoms with Crippen LogP contribution in [0.25, 0.3) is 0 Å². The van der Waals surface area contributed by atoms with Crippen molar-refractivity contribution in [3.8, 4) is 6.07 Å². The molecule has 0 saturated heterocycles. The minimum atomic E-state index is 0.530. The summed E-state index contributed by atoms with van der Waals surface area (Å²) in [6.45, 7) is 5.91. The van der Waals surface area contributed by atoms with E-state index in [0.29, 0.717) is 11.3 Å². The molecular weight excluding hydrogens is 188 g/mol. The number of aromatic nitrogens is 1. The Morgan fingerprint density at radius 2 is 2.27 bits per heavy atom. The summed E-state index contributed by atoms with van der Waals surface area (Å²) in [6, 6.07) is 3.79. The molecular formula is C11H16N4. The number of hydrogen-bond acceptors (Lipinski definition) is 4. The molecule has 0 radical (unpaired) electrons. The molecule has 1 rings (SSSR count). The van der Waals surface area contributed by atoms with Crippen molar-refractivity contribution in [3.63, 3.8) is 0 Å². The first kappa shape index (κ1) is 11.3. The van der Waals surface area contributed by atoms with Crippen LogP contribution in [0.5, 0.6) is 0 Å². The second-order valence-electron chi connectivity index (χ2n) is 3.33. The van der Waals surface area contributed by atoms with Crippen LogP contribution >= 0.6 is 0 Å². The Hall–Kier alpha value is -1.76. The zero-order chi connectivity index (χ0) is 11.3. The van der Waals surface area contributed by atoms with Crippen LogP contribution in [-0.2, 0) is 0 Å². The Morgan fingerprint density at radius 3 is 2.80 bits per heavy atom. The van der Waals surface area contributed by atoms with Crippen LogP contribution < -0.4 is 10.6 Å². The van der Waals surface area contributed by atoms with E-state index in [1.54, 1.807) is 12.3 Å². The summed E-state index contributed by atoms with van der Waals surface area (Å²) in [5.74, 6) is 0.732. The van der Waals surface area contributed by atoms with Crippen molar-refractivity contribution >= 4 is 11.5 Å². The summed E-state index contributed by atoms with van der Waals surface area (Å²) in [7, 11) is 0. The molecule has 0 unspecified atom stereocenters. The Morgan fingerprint density at radius 1 is 1.53 bits per heavy atom. The van der Waals surface area contributed by atoms with E-state index >= 15 is 0 Å². The van der Waals surface area contributed by atoms with E-state index in [9.17, 15) is 0 Å². The molecule has 0 spiro atoms. The Balaban J connectivity index is 3.06. The van der Waals surface area contributed by atoms with Crippen LogP contribution in [-0.4, -0.2) is 18.1 Å². The van der Waals surface area contributed by atoms with Crippen LogP contribution in [0.1, 0.15) is 25.8 Å². The van der Waals surface area contributed by atoms with Crippen molar-refractivity contribution in [2.45, 2.75) is 20.3 Å². The highest BCUT2D eigenvalue weighted by atomic mass is 15.2. The predicted octanol–water partition coefficient (Wildman–Crippen LogP) is 1.77. The fourth-order valence-electron chi connectivity index (χ4n) is 1.49. The lowest BCUT2D eigenvalue weighted by Crippen LogP contribution is -2.25. The zero-order valence-corrected chi connectivity index (χ0v) is 9.20. The van der Waals surface area contributed by atoms with Crippen molar-refractivity contribution in [1.82, 2.24) is 4.98 Å². The molecule has 80 valence electrons. The topological polar surface area (TPSA) is 65.9 Å². The van der Waals surface area contributed by atoms with Gasteiger partial charge in [0.1, 0.15) is 11.9 Å². The molecule has 1 aromatic rings. The predicted molar refractivity (Wildman–Crippen MR) is 61.5 cm³/mol. The Labute approximate surface area is 90.3 Å². The largest absolute Gasteiger partial charge is 0.397 e. The Bertz CT molecular complexity index is 367. The fourth-order valence-corrected chi connectivity index (χ4v) is 1.49. The maximum atomic E-state index is 8.98. The van der Waals surface area contributed by atoms with Gasteiger partial charge in [-0.3, -0.25) is 0 Å². The minimum absolute atomic E-state index is 0.530. The van der Waals surface area contributed by atoms with Crippen molar-refractivity contribution in [3.05, 3.63) is 17.8 Å². The fraction of sp³-hybridized carbons (Fsp3) is 0.455. The molecule has 0 aliphatic rings. The van der Waals surface area contributed by atoms with E-state index in [-0.39, 0.29) is 0 Å². The number of hydrogen-bond donors (Lipinski definition) is 1. The number of nitriles is 1. The molecule has 0 fully saturated rings. The van der Waals surface area contributed by atoms with Crippen LogP contribution in [0.15, 0.2) is 12.3 Å². The lowest BCUT2D eigenvalue weighted by molar-refractivity contribution is 0.777. The second kappa shape index (κ2) is 5.20. The van der Waals surface area contributed by atoms with Gasteiger partial charge in [-0.05, 0) is 19.4 Å². The number of rotatable bonds is 4. The summed E-state index contributed by atoms with van der Waals surface area (Å²) in [6.07, 6.45) is 2.62. The molecule has 1 heterocycles. The normalized spacial score (nSPS) is 9.67. The zero-order valence-electron chi connectivity index (χ0n) is 9.20. The number of pyridine rings is 1. The molecule has 1 aromatic heterocycles. The smallest absolute Gasteiger partial charge is 0.146 e. The Kier molecular flexibility index (Phi) is 3.92. The number of nitrogen functional groups attached to an aromatic ring is 1. The van der Waals surface area contributed by atoms with Gasteiger partial charge < -0.3 is 10.6 Å². The van der Waals surface area contributed by atoms with Crippen molar-refractivity contribution in [2.24, 2.45) is 0 Å². The molecule has 0 aromatic carbocycles. The van der Waals surface area contributed by atoms with Gasteiger partial charge in [-0.1, -0.05) is 6.92 Å². The number of nitrogens with zero attached hydrogens (tertiary/aromatic N) is 3. The van der Waals surface area contributed by atoms with E-state index in [1.807, 2.05) is 0 Å². The van der Waals surface area contributed by atoms with Crippen molar-refractivity contribution < 1.29 is 0 Å². The monoisotopic (exact) mass is 204 g/mol. The summed E-state index contributed by atoms with van der Waals surface area (Å²) < 4.78 is 0. The third kappa shape index (κ3) is 2.59. The molecule has 0 atom stereocenters. The minimum Gasteiger partial charge on any atom is -0.397 e. The van der Waals surface area contributed by atoms with E-state index < -0.39 is 0 Å². The lowest BCUT2D eigenvalue weighted by atomic mass is 10.2.